The second kappa shape index (κ2) is 5.87. The summed E-state index contributed by atoms with van der Waals surface area (Å²) in [4.78, 5) is 11.7. The van der Waals surface area contributed by atoms with Gasteiger partial charge >= 0.3 is 0 Å². The number of nitrogens with one attached hydrogen (secondary N) is 2. The van der Waals surface area contributed by atoms with E-state index < -0.39 is 0 Å². The Morgan fingerprint density at radius 1 is 1.10 bits per heavy atom. The van der Waals surface area contributed by atoms with Crippen molar-refractivity contribution in [1.29, 1.82) is 0 Å². The molecule has 1 saturated carbocycles. The van der Waals surface area contributed by atoms with Crippen LogP contribution in [0.2, 0.25) is 0 Å². The van der Waals surface area contributed by atoms with Crippen LogP contribution in [-0.2, 0) is 11.3 Å². The summed E-state index contributed by atoms with van der Waals surface area (Å²) in [6, 6.07) is 14.8. The zero-order valence-electron chi connectivity index (χ0n) is 11.7. The number of carbonyl (C=O) groups is 1. The van der Waals surface area contributed by atoms with Crippen molar-refractivity contribution < 1.29 is 9.90 Å². The van der Waals surface area contributed by atoms with Crippen LogP contribution in [0.1, 0.15) is 18.4 Å². The number of hydrogen-bond acceptors (Lipinski definition) is 3. The molecule has 0 aromatic heterocycles. The number of carbonyl (C=O) groups excluding carboxylic acids is 1. The highest BCUT2D eigenvalue weighted by atomic mass is 16.3. The number of phenolic OH excluding ortho intramolecular Hbond substituents is 1. The van der Waals surface area contributed by atoms with Crippen LogP contribution < -0.4 is 10.6 Å². The molecule has 0 saturated heterocycles. The van der Waals surface area contributed by atoms with E-state index in [4.69, 9.17) is 0 Å². The SMILES string of the molecule is O=C(Nc1cccc(NCc2ccc(O)cc2)c1)C1CC1. The molecule has 0 heterocycles. The molecule has 1 amide bonds. The van der Waals surface area contributed by atoms with E-state index in [1.54, 1.807) is 12.1 Å². The van der Waals surface area contributed by atoms with Gasteiger partial charge in [-0.3, -0.25) is 4.79 Å². The van der Waals surface area contributed by atoms with Crippen LogP contribution in [0.15, 0.2) is 48.5 Å². The van der Waals surface area contributed by atoms with E-state index in [-0.39, 0.29) is 17.6 Å². The van der Waals surface area contributed by atoms with Crippen molar-refractivity contribution in [1.82, 2.24) is 0 Å². The molecular weight excluding hydrogens is 264 g/mol. The first-order chi connectivity index (χ1) is 10.2. The summed E-state index contributed by atoms with van der Waals surface area (Å²) in [6.07, 6.45) is 2.01. The van der Waals surface area contributed by atoms with Gasteiger partial charge in [0, 0.05) is 23.8 Å². The third-order valence-corrected chi connectivity index (χ3v) is 3.51. The standard InChI is InChI=1S/C17H18N2O2/c20-16-8-4-12(5-9-16)11-18-14-2-1-3-15(10-14)19-17(21)13-6-7-13/h1-5,8-10,13,18,20H,6-7,11H2,(H,19,21). The van der Waals surface area contributed by atoms with Crippen LogP contribution in [-0.4, -0.2) is 11.0 Å². The molecule has 4 heteroatoms. The largest absolute Gasteiger partial charge is 0.508 e. The van der Waals surface area contributed by atoms with Crippen LogP contribution in [0.3, 0.4) is 0 Å². The van der Waals surface area contributed by atoms with Gasteiger partial charge in [0.2, 0.25) is 5.91 Å². The highest BCUT2D eigenvalue weighted by Gasteiger charge is 2.29. The Hall–Kier alpha value is -2.49. The first-order valence-corrected chi connectivity index (χ1v) is 7.13. The Kier molecular flexibility index (Phi) is 3.77. The highest BCUT2D eigenvalue weighted by Crippen LogP contribution is 2.30. The van der Waals surface area contributed by atoms with Gasteiger partial charge in [-0.15, -0.1) is 0 Å². The van der Waals surface area contributed by atoms with Gasteiger partial charge in [0.25, 0.3) is 0 Å². The van der Waals surface area contributed by atoms with Crippen molar-refractivity contribution in [3.8, 4) is 5.75 Å². The van der Waals surface area contributed by atoms with Gasteiger partial charge in [0.05, 0.1) is 0 Å². The average molecular weight is 282 g/mol. The summed E-state index contributed by atoms with van der Waals surface area (Å²) in [5.74, 6) is 0.591. The van der Waals surface area contributed by atoms with Gasteiger partial charge in [0.15, 0.2) is 0 Å². The predicted octanol–water partition coefficient (Wildman–Crippen LogP) is 3.35. The molecule has 2 aromatic carbocycles. The molecule has 0 atom stereocenters. The molecule has 2 aromatic rings. The lowest BCUT2D eigenvalue weighted by Crippen LogP contribution is -2.13. The molecule has 108 valence electrons. The second-order valence-electron chi connectivity index (χ2n) is 5.36. The molecule has 0 bridgehead atoms. The number of hydrogen-bond donors (Lipinski definition) is 3. The molecular formula is C17H18N2O2. The Morgan fingerprint density at radius 2 is 1.81 bits per heavy atom. The fourth-order valence-electron chi connectivity index (χ4n) is 2.11. The topological polar surface area (TPSA) is 61.4 Å². The van der Waals surface area contributed by atoms with Gasteiger partial charge in [-0.2, -0.15) is 0 Å². The maximum Gasteiger partial charge on any atom is 0.227 e. The average Bonchev–Trinajstić information content (AvgIpc) is 3.32. The summed E-state index contributed by atoms with van der Waals surface area (Å²) < 4.78 is 0. The van der Waals surface area contributed by atoms with Gasteiger partial charge in [-0.25, -0.2) is 0 Å². The van der Waals surface area contributed by atoms with E-state index in [2.05, 4.69) is 10.6 Å². The van der Waals surface area contributed by atoms with Gasteiger partial charge in [-0.1, -0.05) is 18.2 Å². The van der Waals surface area contributed by atoms with Crippen LogP contribution in [0, 0.1) is 5.92 Å². The zero-order chi connectivity index (χ0) is 14.7. The molecule has 0 spiro atoms. The van der Waals surface area contributed by atoms with Crippen LogP contribution >= 0.6 is 0 Å². The number of benzene rings is 2. The van der Waals surface area contributed by atoms with Crippen molar-refractivity contribution in [2.45, 2.75) is 19.4 Å². The number of aromatic hydroxyl groups is 1. The number of amides is 1. The van der Waals surface area contributed by atoms with Gasteiger partial charge in [-0.05, 0) is 48.7 Å². The van der Waals surface area contributed by atoms with E-state index in [9.17, 15) is 9.90 Å². The van der Waals surface area contributed by atoms with E-state index in [1.807, 2.05) is 36.4 Å². The van der Waals surface area contributed by atoms with Crippen molar-refractivity contribution in [2.75, 3.05) is 10.6 Å². The molecule has 3 N–H and O–H groups in total. The molecule has 0 unspecified atom stereocenters. The van der Waals surface area contributed by atoms with Crippen molar-refractivity contribution in [3.05, 3.63) is 54.1 Å². The summed E-state index contributed by atoms with van der Waals surface area (Å²) in [5.41, 5.74) is 2.86. The molecule has 1 aliphatic carbocycles. The Balaban J connectivity index is 1.60. The number of rotatable bonds is 5. The Morgan fingerprint density at radius 3 is 2.52 bits per heavy atom. The quantitative estimate of drug-likeness (QED) is 0.788. The fourth-order valence-corrected chi connectivity index (χ4v) is 2.11. The smallest absolute Gasteiger partial charge is 0.227 e. The van der Waals surface area contributed by atoms with Gasteiger partial charge < -0.3 is 15.7 Å². The number of phenols is 1. The molecule has 0 aliphatic heterocycles. The monoisotopic (exact) mass is 282 g/mol. The van der Waals surface area contributed by atoms with Crippen LogP contribution in [0.25, 0.3) is 0 Å². The fraction of sp³-hybridized carbons (Fsp3) is 0.235. The first-order valence-electron chi connectivity index (χ1n) is 7.13. The molecule has 0 radical (unpaired) electrons. The Labute approximate surface area is 123 Å². The molecule has 1 fully saturated rings. The first kappa shape index (κ1) is 13.5. The number of anilines is 2. The van der Waals surface area contributed by atoms with E-state index in [1.165, 1.54) is 0 Å². The van der Waals surface area contributed by atoms with Crippen molar-refractivity contribution >= 4 is 17.3 Å². The maximum absolute atomic E-state index is 11.7. The minimum atomic E-state index is 0.116. The van der Waals surface area contributed by atoms with E-state index in [0.717, 1.165) is 29.8 Å². The lowest BCUT2D eigenvalue weighted by molar-refractivity contribution is -0.117. The third-order valence-electron chi connectivity index (χ3n) is 3.51. The lowest BCUT2D eigenvalue weighted by atomic mass is 10.2. The van der Waals surface area contributed by atoms with Crippen LogP contribution in [0.5, 0.6) is 5.75 Å². The summed E-state index contributed by atoms with van der Waals surface area (Å²) in [7, 11) is 0. The zero-order valence-corrected chi connectivity index (χ0v) is 11.7. The van der Waals surface area contributed by atoms with E-state index in [0.29, 0.717) is 6.54 Å². The molecule has 4 nitrogen and oxygen atoms in total. The van der Waals surface area contributed by atoms with Gasteiger partial charge in [0.1, 0.15) is 5.75 Å². The molecule has 1 aliphatic rings. The predicted molar refractivity (Wildman–Crippen MR) is 83.2 cm³/mol. The minimum absolute atomic E-state index is 0.116. The van der Waals surface area contributed by atoms with E-state index >= 15 is 0 Å². The highest BCUT2D eigenvalue weighted by molar-refractivity contribution is 5.94. The minimum Gasteiger partial charge on any atom is -0.508 e. The normalized spacial score (nSPS) is 13.7. The van der Waals surface area contributed by atoms with Crippen LogP contribution in [0.4, 0.5) is 11.4 Å². The van der Waals surface area contributed by atoms with Crippen molar-refractivity contribution in [3.63, 3.8) is 0 Å². The molecule has 3 rings (SSSR count). The second-order valence-corrected chi connectivity index (χ2v) is 5.36. The maximum atomic E-state index is 11.7. The summed E-state index contributed by atoms with van der Waals surface area (Å²) >= 11 is 0. The Bertz CT molecular complexity index is 633. The molecule has 21 heavy (non-hydrogen) atoms. The van der Waals surface area contributed by atoms with Crippen molar-refractivity contribution in [2.24, 2.45) is 5.92 Å². The third kappa shape index (κ3) is 3.75. The summed E-state index contributed by atoms with van der Waals surface area (Å²) in [5, 5.41) is 15.5. The summed E-state index contributed by atoms with van der Waals surface area (Å²) in [6.45, 7) is 0.667. The lowest BCUT2D eigenvalue weighted by Gasteiger charge is -2.09.